The molecule has 1 aromatic carbocycles. The number of hydrazone groups is 1. The van der Waals surface area contributed by atoms with Crippen LogP contribution in [-0.2, 0) is 17.6 Å². The molecule has 0 fully saturated rings. The number of thioether (sulfide) groups is 1. The highest BCUT2D eigenvalue weighted by Crippen LogP contribution is 2.38. The van der Waals surface area contributed by atoms with Crippen molar-refractivity contribution in [3.63, 3.8) is 0 Å². The van der Waals surface area contributed by atoms with Crippen LogP contribution in [0.4, 0.5) is 0 Å². The zero-order valence-corrected chi connectivity index (χ0v) is 21.0. The number of benzene rings is 1. The van der Waals surface area contributed by atoms with Crippen molar-refractivity contribution in [3.8, 4) is 10.8 Å². The molecule has 7 nitrogen and oxygen atoms in total. The minimum absolute atomic E-state index is 0.204. The van der Waals surface area contributed by atoms with Crippen LogP contribution in [0.1, 0.15) is 50.6 Å². The quantitative estimate of drug-likeness (QED) is 0.260. The number of thiophene rings is 1. The fourth-order valence-corrected chi connectivity index (χ4v) is 6.37. The number of methoxy groups -OCH3 is 1. The highest BCUT2D eigenvalue weighted by molar-refractivity contribution is 8.00. The Bertz CT molecular complexity index is 1240. The van der Waals surface area contributed by atoms with Crippen LogP contribution >= 0.6 is 23.1 Å². The number of nitrogens with zero attached hydrogens (tertiary/aromatic N) is 2. The van der Waals surface area contributed by atoms with Crippen molar-refractivity contribution < 1.29 is 19.4 Å². The first kappa shape index (κ1) is 24.1. The highest BCUT2D eigenvalue weighted by atomic mass is 32.2. The smallest absolute Gasteiger partial charge is 0.339 e. The van der Waals surface area contributed by atoms with E-state index >= 15 is 0 Å². The van der Waals surface area contributed by atoms with Gasteiger partial charge in [0.15, 0.2) is 0 Å². The van der Waals surface area contributed by atoms with Gasteiger partial charge in [-0.25, -0.2) is 10.2 Å². The van der Waals surface area contributed by atoms with Crippen molar-refractivity contribution in [1.29, 1.82) is 0 Å². The van der Waals surface area contributed by atoms with Gasteiger partial charge in [0, 0.05) is 26.7 Å². The third kappa shape index (κ3) is 5.05. The summed E-state index contributed by atoms with van der Waals surface area (Å²) in [4.78, 5) is 26.5. The Morgan fingerprint density at radius 3 is 2.68 bits per heavy atom. The summed E-state index contributed by atoms with van der Waals surface area (Å²) in [7, 11) is 1.61. The monoisotopic (exact) mass is 497 g/mol. The Morgan fingerprint density at radius 2 is 1.97 bits per heavy atom. The SMILES string of the molecule is COc1ccc(SCC(=O)N/N=C/c2cc(C)n(-c3sc4c(c3C(=O)O)CCCC4)c2C)cc1. The third-order valence-corrected chi connectivity index (χ3v) is 8.15. The number of nitrogens with one attached hydrogen (secondary N) is 1. The van der Waals surface area contributed by atoms with E-state index in [0.717, 1.165) is 63.8 Å². The van der Waals surface area contributed by atoms with E-state index in [1.165, 1.54) is 16.6 Å². The Balaban J connectivity index is 1.46. The topological polar surface area (TPSA) is 92.9 Å². The number of ether oxygens (including phenoxy) is 1. The molecule has 0 atom stereocenters. The summed E-state index contributed by atoms with van der Waals surface area (Å²) >= 11 is 3.00. The summed E-state index contributed by atoms with van der Waals surface area (Å²) in [6.45, 7) is 3.90. The summed E-state index contributed by atoms with van der Waals surface area (Å²) in [6, 6.07) is 9.48. The zero-order valence-electron chi connectivity index (χ0n) is 19.4. The fourth-order valence-electron chi connectivity index (χ4n) is 4.19. The number of hydrogen-bond acceptors (Lipinski definition) is 6. The summed E-state index contributed by atoms with van der Waals surface area (Å²) in [5.74, 6) is -0.0660. The lowest BCUT2D eigenvalue weighted by Crippen LogP contribution is -2.19. The number of aryl methyl sites for hydroxylation is 2. The first-order valence-electron chi connectivity index (χ1n) is 11.0. The van der Waals surface area contributed by atoms with Crippen LogP contribution in [0, 0.1) is 13.8 Å². The predicted octanol–water partition coefficient (Wildman–Crippen LogP) is 4.98. The molecule has 0 saturated heterocycles. The van der Waals surface area contributed by atoms with Gasteiger partial charge in [-0.05, 0) is 75.4 Å². The summed E-state index contributed by atoms with van der Waals surface area (Å²) < 4.78 is 7.13. The molecule has 9 heteroatoms. The molecule has 1 amide bonds. The number of amides is 1. The Hall–Kier alpha value is -3.04. The molecule has 3 aromatic rings. The maximum atomic E-state index is 12.2. The van der Waals surface area contributed by atoms with E-state index in [1.54, 1.807) is 24.7 Å². The van der Waals surface area contributed by atoms with Crippen LogP contribution in [0.3, 0.4) is 0 Å². The van der Waals surface area contributed by atoms with Gasteiger partial charge in [-0.2, -0.15) is 5.10 Å². The molecule has 4 rings (SSSR count). The lowest BCUT2D eigenvalue weighted by atomic mass is 9.95. The van der Waals surface area contributed by atoms with Crippen molar-refractivity contribution in [2.75, 3.05) is 12.9 Å². The Labute approximate surface area is 206 Å². The van der Waals surface area contributed by atoms with Crippen LogP contribution in [0.5, 0.6) is 5.75 Å². The van der Waals surface area contributed by atoms with Gasteiger partial charge < -0.3 is 14.4 Å². The number of hydrogen-bond donors (Lipinski definition) is 2. The summed E-state index contributed by atoms with van der Waals surface area (Å²) in [6.07, 6.45) is 5.50. The summed E-state index contributed by atoms with van der Waals surface area (Å²) in [5, 5.41) is 14.8. The molecule has 0 saturated carbocycles. The minimum Gasteiger partial charge on any atom is -0.497 e. The van der Waals surface area contributed by atoms with Crippen molar-refractivity contribution in [2.45, 2.75) is 44.4 Å². The van der Waals surface area contributed by atoms with Crippen molar-refractivity contribution >= 4 is 41.2 Å². The number of aromatic carboxylic acids is 1. The van der Waals surface area contributed by atoms with E-state index in [9.17, 15) is 14.7 Å². The van der Waals surface area contributed by atoms with Gasteiger partial charge in [0.25, 0.3) is 0 Å². The third-order valence-electron chi connectivity index (χ3n) is 5.86. The van der Waals surface area contributed by atoms with Crippen LogP contribution in [0.25, 0.3) is 5.00 Å². The van der Waals surface area contributed by atoms with Crippen LogP contribution in [-0.4, -0.2) is 40.6 Å². The Morgan fingerprint density at radius 1 is 1.24 bits per heavy atom. The van der Waals surface area contributed by atoms with Crippen molar-refractivity contribution in [3.05, 3.63) is 63.3 Å². The van der Waals surface area contributed by atoms with Gasteiger partial charge in [0.2, 0.25) is 5.91 Å². The van der Waals surface area contributed by atoms with Gasteiger partial charge in [0.1, 0.15) is 10.8 Å². The molecule has 2 heterocycles. The molecule has 0 spiro atoms. The number of fused-ring (bicyclic) bond motifs is 1. The molecule has 0 bridgehead atoms. The molecule has 1 aliphatic carbocycles. The van der Waals surface area contributed by atoms with E-state index in [2.05, 4.69) is 10.5 Å². The number of rotatable bonds is 8. The molecule has 2 N–H and O–H groups in total. The van der Waals surface area contributed by atoms with E-state index < -0.39 is 5.97 Å². The molecule has 0 unspecified atom stereocenters. The molecule has 2 aromatic heterocycles. The second-order valence-electron chi connectivity index (χ2n) is 8.12. The minimum atomic E-state index is -0.876. The van der Waals surface area contributed by atoms with Crippen LogP contribution < -0.4 is 10.2 Å². The number of carboxylic acid groups (broad SMARTS) is 1. The standard InChI is InChI=1S/C25H27N3O4S2/c1-15-12-17(13-26-27-22(29)14-33-19-10-8-18(32-3)9-11-19)16(2)28(15)24-23(25(30)31)20-6-4-5-7-21(20)34-24/h8-13H,4-7,14H2,1-3H3,(H,27,29)(H,30,31)/b26-13+. The van der Waals surface area contributed by atoms with E-state index in [1.807, 2.05) is 48.7 Å². The average molecular weight is 498 g/mol. The second-order valence-corrected chi connectivity index (χ2v) is 10.2. The molecule has 1 aliphatic rings. The number of carboxylic acids is 1. The van der Waals surface area contributed by atoms with Crippen molar-refractivity contribution in [1.82, 2.24) is 9.99 Å². The van der Waals surface area contributed by atoms with E-state index in [0.29, 0.717) is 5.56 Å². The molecule has 0 aliphatic heterocycles. The number of aromatic nitrogens is 1. The van der Waals surface area contributed by atoms with E-state index in [4.69, 9.17) is 4.74 Å². The van der Waals surface area contributed by atoms with Gasteiger partial charge in [0.05, 0.1) is 24.6 Å². The average Bonchev–Trinajstić information content (AvgIpc) is 3.34. The lowest BCUT2D eigenvalue weighted by Gasteiger charge is -2.11. The first-order chi connectivity index (χ1) is 16.4. The largest absolute Gasteiger partial charge is 0.497 e. The molecular weight excluding hydrogens is 470 g/mol. The summed E-state index contributed by atoms with van der Waals surface area (Å²) in [5.41, 5.74) is 6.65. The van der Waals surface area contributed by atoms with E-state index in [-0.39, 0.29) is 11.7 Å². The van der Waals surface area contributed by atoms with Crippen LogP contribution in [0.15, 0.2) is 40.3 Å². The van der Waals surface area contributed by atoms with Gasteiger partial charge >= 0.3 is 5.97 Å². The van der Waals surface area contributed by atoms with Crippen LogP contribution in [0.2, 0.25) is 0 Å². The normalized spacial score (nSPS) is 13.1. The van der Waals surface area contributed by atoms with Crippen molar-refractivity contribution in [2.24, 2.45) is 5.10 Å². The lowest BCUT2D eigenvalue weighted by molar-refractivity contribution is -0.118. The highest BCUT2D eigenvalue weighted by Gasteiger charge is 2.27. The van der Waals surface area contributed by atoms with Gasteiger partial charge in [-0.3, -0.25) is 4.79 Å². The predicted molar refractivity (Wildman–Crippen MR) is 136 cm³/mol. The number of carbonyl (C=O) groups excluding carboxylic acids is 1. The second kappa shape index (κ2) is 10.5. The zero-order chi connectivity index (χ0) is 24.2. The molecule has 178 valence electrons. The maximum absolute atomic E-state index is 12.2. The fraction of sp³-hybridized carbons (Fsp3) is 0.320. The van der Waals surface area contributed by atoms with Gasteiger partial charge in [-0.1, -0.05) is 0 Å². The maximum Gasteiger partial charge on any atom is 0.339 e. The number of carbonyl (C=O) groups is 2. The first-order valence-corrected chi connectivity index (χ1v) is 12.8. The molecule has 0 radical (unpaired) electrons. The Kier molecular flexibility index (Phi) is 7.43. The molecular formula is C25H27N3O4S2. The molecule has 34 heavy (non-hydrogen) atoms. The van der Waals surface area contributed by atoms with Gasteiger partial charge in [-0.15, -0.1) is 23.1 Å².